The van der Waals surface area contributed by atoms with Gasteiger partial charge < -0.3 is 4.74 Å². The van der Waals surface area contributed by atoms with E-state index in [9.17, 15) is 0 Å². The second-order valence-electron chi connectivity index (χ2n) is 10.5. The molecule has 4 rings (SSSR count). The maximum absolute atomic E-state index is 5.59. The van der Waals surface area contributed by atoms with Crippen LogP contribution in [0.5, 0.6) is 5.75 Å². The number of benzene rings is 4. The molecule has 0 bridgehead atoms. The molecule has 0 unspecified atom stereocenters. The zero-order valence-corrected chi connectivity index (χ0v) is 23.6. The van der Waals surface area contributed by atoms with Crippen molar-refractivity contribution >= 4 is 0 Å². The molecule has 0 radical (unpaired) electrons. The highest BCUT2D eigenvalue weighted by Crippen LogP contribution is 2.31. The summed E-state index contributed by atoms with van der Waals surface area (Å²) >= 11 is 0. The smallest absolute Gasteiger partial charge is 0.119 e. The molecule has 0 aliphatic carbocycles. The monoisotopic (exact) mass is 504 g/mol. The average molecular weight is 505 g/mol. The third kappa shape index (κ3) is 7.84. The van der Waals surface area contributed by atoms with Gasteiger partial charge >= 0.3 is 0 Å². The Morgan fingerprint density at radius 2 is 1.00 bits per heavy atom. The van der Waals surface area contributed by atoms with Crippen LogP contribution in [0.25, 0.3) is 33.4 Å². The number of hydrogen-bond acceptors (Lipinski definition) is 1. The first-order valence-electron chi connectivity index (χ1n) is 14.7. The fraction of sp³-hybridized carbons (Fsp3) is 0.351. The highest BCUT2D eigenvalue weighted by Gasteiger charge is 2.06. The van der Waals surface area contributed by atoms with Crippen molar-refractivity contribution in [3.8, 4) is 39.1 Å². The molecule has 0 fully saturated rings. The zero-order chi connectivity index (χ0) is 26.6. The first kappa shape index (κ1) is 27.7. The Bertz CT molecular complexity index is 1230. The second-order valence-corrected chi connectivity index (χ2v) is 10.5. The molecular weight excluding hydrogens is 460 g/mol. The Morgan fingerprint density at radius 3 is 1.58 bits per heavy atom. The lowest BCUT2D eigenvalue weighted by Crippen LogP contribution is -1.91. The molecule has 0 aliphatic heterocycles. The molecule has 0 aromatic heterocycles. The minimum Gasteiger partial charge on any atom is -0.494 e. The van der Waals surface area contributed by atoms with Gasteiger partial charge in [0.1, 0.15) is 5.75 Å². The summed E-state index contributed by atoms with van der Waals surface area (Å²) in [7, 11) is 0. The Labute approximate surface area is 230 Å². The van der Waals surface area contributed by atoms with Crippen LogP contribution in [0.2, 0.25) is 0 Å². The molecule has 4 aromatic carbocycles. The number of unbranched alkanes of at least 4 members (excludes halogenated alkanes) is 7. The summed E-state index contributed by atoms with van der Waals surface area (Å²) in [6, 6.07) is 33.3. The van der Waals surface area contributed by atoms with Gasteiger partial charge in [-0.3, -0.25) is 0 Å². The van der Waals surface area contributed by atoms with Gasteiger partial charge in [0.25, 0.3) is 0 Å². The highest BCUT2D eigenvalue weighted by molar-refractivity contribution is 5.75. The molecule has 0 amide bonds. The molecule has 1 nitrogen and oxygen atoms in total. The fourth-order valence-electron chi connectivity index (χ4n) is 5.25. The maximum atomic E-state index is 5.59. The van der Waals surface area contributed by atoms with Crippen LogP contribution in [-0.2, 0) is 6.42 Å². The van der Waals surface area contributed by atoms with Crippen molar-refractivity contribution in [3.05, 3.63) is 102 Å². The molecule has 0 heterocycles. The lowest BCUT2D eigenvalue weighted by atomic mass is 9.94. The van der Waals surface area contributed by atoms with Gasteiger partial charge in [-0.1, -0.05) is 131 Å². The average Bonchev–Trinajstić information content (AvgIpc) is 2.96. The molecule has 4 aromatic rings. The van der Waals surface area contributed by atoms with Crippen LogP contribution in [0.1, 0.15) is 76.3 Å². The lowest BCUT2D eigenvalue weighted by Gasteiger charge is -2.11. The van der Waals surface area contributed by atoms with Crippen molar-refractivity contribution in [2.24, 2.45) is 0 Å². The van der Waals surface area contributed by atoms with Crippen LogP contribution in [0.4, 0.5) is 0 Å². The van der Waals surface area contributed by atoms with E-state index in [1.807, 2.05) is 19.1 Å². The third-order valence-corrected chi connectivity index (χ3v) is 7.53. The summed E-state index contributed by atoms with van der Waals surface area (Å²) in [6.45, 7) is 7.18. The molecule has 198 valence electrons. The van der Waals surface area contributed by atoms with E-state index in [0.29, 0.717) is 6.61 Å². The molecular formula is C37H44O. The summed E-state index contributed by atoms with van der Waals surface area (Å²) < 4.78 is 5.59. The van der Waals surface area contributed by atoms with Gasteiger partial charge in [-0.2, -0.15) is 0 Å². The van der Waals surface area contributed by atoms with Crippen molar-refractivity contribution < 1.29 is 4.74 Å². The minimum atomic E-state index is 0.691. The fourth-order valence-corrected chi connectivity index (χ4v) is 5.25. The molecule has 38 heavy (non-hydrogen) atoms. The van der Waals surface area contributed by atoms with E-state index in [1.165, 1.54) is 102 Å². The van der Waals surface area contributed by atoms with Crippen LogP contribution in [0, 0.1) is 6.92 Å². The molecule has 0 N–H and O–H groups in total. The third-order valence-electron chi connectivity index (χ3n) is 7.53. The Balaban J connectivity index is 1.32. The minimum absolute atomic E-state index is 0.691. The van der Waals surface area contributed by atoms with Crippen LogP contribution in [0.15, 0.2) is 91.0 Å². The summed E-state index contributed by atoms with van der Waals surface area (Å²) in [6.07, 6.45) is 12.2. The van der Waals surface area contributed by atoms with Gasteiger partial charge in [0.2, 0.25) is 0 Å². The quantitative estimate of drug-likeness (QED) is 0.155. The summed E-state index contributed by atoms with van der Waals surface area (Å²) in [5.41, 5.74) is 10.3. The van der Waals surface area contributed by atoms with Crippen molar-refractivity contribution in [2.75, 3.05) is 6.61 Å². The molecule has 0 aliphatic rings. The van der Waals surface area contributed by atoms with E-state index in [4.69, 9.17) is 4.74 Å². The predicted octanol–water partition coefficient (Wildman–Crippen LogP) is 11.1. The van der Waals surface area contributed by atoms with Gasteiger partial charge in [-0.05, 0) is 83.3 Å². The van der Waals surface area contributed by atoms with Crippen LogP contribution < -0.4 is 4.74 Å². The standard InChI is InChI=1S/C37H44O/c1-4-6-7-8-9-10-11-12-13-30-14-16-31(17-15-30)32-18-20-33(21-19-32)35-24-27-37(29(3)28-35)34-22-25-36(26-23-34)38-5-2/h14-28H,4-13H2,1-3H3. The van der Waals surface area contributed by atoms with Crippen molar-refractivity contribution in [3.63, 3.8) is 0 Å². The Morgan fingerprint density at radius 1 is 0.500 bits per heavy atom. The van der Waals surface area contributed by atoms with Gasteiger partial charge in [0, 0.05) is 0 Å². The molecule has 0 saturated carbocycles. The van der Waals surface area contributed by atoms with Gasteiger partial charge in [-0.15, -0.1) is 0 Å². The highest BCUT2D eigenvalue weighted by atomic mass is 16.5. The first-order valence-corrected chi connectivity index (χ1v) is 14.7. The van der Waals surface area contributed by atoms with Crippen LogP contribution in [-0.4, -0.2) is 6.61 Å². The molecule has 0 spiro atoms. The number of hydrogen-bond donors (Lipinski definition) is 0. The molecule has 1 heteroatoms. The van der Waals surface area contributed by atoms with Crippen molar-refractivity contribution in [1.29, 1.82) is 0 Å². The van der Waals surface area contributed by atoms with E-state index in [1.54, 1.807) is 0 Å². The van der Waals surface area contributed by atoms with E-state index in [-0.39, 0.29) is 0 Å². The van der Waals surface area contributed by atoms with Gasteiger partial charge in [0.15, 0.2) is 0 Å². The summed E-state index contributed by atoms with van der Waals surface area (Å²) in [4.78, 5) is 0. The lowest BCUT2D eigenvalue weighted by molar-refractivity contribution is 0.340. The normalized spacial score (nSPS) is 11.0. The second kappa shape index (κ2) is 14.6. The maximum Gasteiger partial charge on any atom is 0.119 e. The largest absolute Gasteiger partial charge is 0.494 e. The predicted molar refractivity (Wildman–Crippen MR) is 165 cm³/mol. The number of ether oxygens (including phenoxy) is 1. The topological polar surface area (TPSA) is 9.23 Å². The summed E-state index contributed by atoms with van der Waals surface area (Å²) in [5, 5.41) is 0. The van der Waals surface area contributed by atoms with Gasteiger partial charge in [-0.25, -0.2) is 0 Å². The van der Waals surface area contributed by atoms with Crippen LogP contribution in [0.3, 0.4) is 0 Å². The van der Waals surface area contributed by atoms with Crippen LogP contribution >= 0.6 is 0 Å². The Kier molecular flexibility index (Phi) is 10.6. The van der Waals surface area contributed by atoms with Gasteiger partial charge in [0.05, 0.1) is 6.61 Å². The van der Waals surface area contributed by atoms with Crippen molar-refractivity contribution in [1.82, 2.24) is 0 Å². The van der Waals surface area contributed by atoms with E-state index < -0.39 is 0 Å². The van der Waals surface area contributed by atoms with E-state index in [0.717, 1.165) is 5.75 Å². The molecule has 0 atom stereocenters. The summed E-state index contributed by atoms with van der Waals surface area (Å²) in [5.74, 6) is 0.920. The molecule has 0 saturated heterocycles. The van der Waals surface area contributed by atoms with E-state index in [2.05, 4.69) is 92.7 Å². The van der Waals surface area contributed by atoms with Crippen molar-refractivity contribution in [2.45, 2.75) is 78.6 Å². The zero-order valence-electron chi connectivity index (χ0n) is 23.6. The first-order chi connectivity index (χ1) is 18.7. The van der Waals surface area contributed by atoms with E-state index >= 15 is 0 Å². The number of rotatable bonds is 14. The number of aryl methyl sites for hydroxylation is 2. The SMILES string of the molecule is CCCCCCCCCCc1ccc(-c2ccc(-c3ccc(-c4ccc(OCC)cc4)c(C)c3)cc2)cc1. The Hall–Kier alpha value is -3.32.